The van der Waals surface area contributed by atoms with Gasteiger partial charge in [0, 0.05) is 18.9 Å². The first kappa shape index (κ1) is 25.9. The number of halogens is 3. The molecule has 0 N–H and O–H groups in total. The minimum absolute atomic E-state index is 0.00487. The van der Waals surface area contributed by atoms with Gasteiger partial charge < -0.3 is 4.42 Å². The minimum atomic E-state index is -3.21. The van der Waals surface area contributed by atoms with E-state index >= 15 is 0 Å². The van der Waals surface area contributed by atoms with Crippen molar-refractivity contribution in [2.45, 2.75) is 44.4 Å². The summed E-state index contributed by atoms with van der Waals surface area (Å²) >= 11 is 6.21. The molecule has 0 aliphatic heterocycles. The van der Waals surface area contributed by atoms with Crippen molar-refractivity contribution in [3.63, 3.8) is 0 Å². The number of aromatic nitrogens is 5. The fourth-order valence-corrected chi connectivity index (χ4v) is 7.08. The summed E-state index contributed by atoms with van der Waals surface area (Å²) in [4.78, 5) is 13.7. The monoisotopic (exact) mass is 571 g/mol. The Kier molecular flexibility index (Phi) is 5.89. The van der Waals surface area contributed by atoms with Crippen molar-refractivity contribution in [3.8, 4) is 22.8 Å². The van der Waals surface area contributed by atoms with Crippen LogP contribution in [-0.4, -0.2) is 45.6 Å². The van der Waals surface area contributed by atoms with Gasteiger partial charge in [0.15, 0.2) is 0 Å². The highest BCUT2D eigenvalue weighted by Gasteiger charge is 2.65. The van der Waals surface area contributed by atoms with Gasteiger partial charge in [0.25, 0.3) is 0 Å². The second-order valence-corrected chi connectivity index (χ2v) is 13.4. The van der Waals surface area contributed by atoms with Crippen LogP contribution in [-0.2, 0) is 21.7 Å². The highest BCUT2D eigenvalue weighted by Crippen LogP contribution is 2.69. The van der Waals surface area contributed by atoms with E-state index in [2.05, 4.69) is 34.0 Å². The topological polar surface area (TPSA) is 112 Å². The zero-order valence-electron chi connectivity index (χ0n) is 21.4. The first-order valence-corrected chi connectivity index (χ1v) is 14.8. The fourth-order valence-electron chi connectivity index (χ4n) is 6.31. The van der Waals surface area contributed by atoms with Gasteiger partial charge in [-0.1, -0.05) is 19.9 Å². The van der Waals surface area contributed by atoms with Gasteiger partial charge in [-0.25, -0.2) is 27.2 Å². The maximum atomic E-state index is 14.5. The molecule has 0 spiro atoms. The van der Waals surface area contributed by atoms with Crippen LogP contribution in [0.5, 0.6) is 0 Å². The van der Waals surface area contributed by atoms with E-state index in [1.165, 1.54) is 24.4 Å². The fraction of sp³-hybridized carbons (Fsp3) is 0.370. The van der Waals surface area contributed by atoms with Gasteiger partial charge in [0.2, 0.25) is 11.1 Å². The van der Waals surface area contributed by atoms with Crippen molar-refractivity contribution < 1.29 is 21.6 Å². The minimum Gasteiger partial charge on any atom is -0.423 e. The summed E-state index contributed by atoms with van der Waals surface area (Å²) in [5.41, 5.74) is 1.90. The van der Waals surface area contributed by atoms with Gasteiger partial charge in [-0.15, -0.1) is 5.10 Å². The van der Waals surface area contributed by atoms with Crippen molar-refractivity contribution >= 4 is 21.4 Å². The van der Waals surface area contributed by atoms with Crippen molar-refractivity contribution in [3.05, 3.63) is 76.2 Å². The Labute approximate surface area is 228 Å². The maximum absolute atomic E-state index is 14.5. The lowest BCUT2D eigenvalue weighted by molar-refractivity contribution is 0.242. The van der Waals surface area contributed by atoms with Crippen LogP contribution < -0.4 is 0 Å². The number of sulfone groups is 1. The van der Waals surface area contributed by atoms with Crippen molar-refractivity contribution in [1.29, 1.82) is 0 Å². The van der Waals surface area contributed by atoms with Crippen molar-refractivity contribution in [2.24, 2.45) is 5.41 Å². The molecule has 6 rings (SSSR count). The zero-order chi connectivity index (χ0) is 27.7. The molecule has 4 aromatic rings. The molecule has 2 aliphatic rings. The Morgan fingerprint density at radius 1 is 1.10 bits per heavy atom. The average molecular weight is 572 g/mol. The summed E-state index contributed by atoms with van der Waals surface area (Å²) in [5.74, 6) is -1.30. The number of benzene rings is 1. The normalized spacial score (nSPS) is 21.3. The molecule has 0 unspecified atom stereocenters. The van der Waals surface area contributed by atoms with Crippen LogP contribution in [0, 0.1) is 17.0 Å². The van der Waals surface area contributed by atoms with Gasteiger partial charge in [-0.3, -0.25) is 4.98 Å². The zero-order valence-corrected chi connectivity index (χ0v) is 22.9. The molecule has 1 saturated carbocycles. The largest absolute Gasteiger partial charge is 0.423 e. The van der Waals surface area contributed by atoms with Crippen LogP contribution in [0.4, 0.5) is 8.78 Å². The molecule has 202 valence electrons. The molecular formula is C27H24ClF2N5O3S. The third-order valence-electron chi connectivity index (χ3n) is 8.25. The summed E-state index contributed by atoms with van der Waals surface area (Å²) in [6.07, 6.45) is 6.02. The molecule has 2 atom stereocenters. The highest BCUT2D eigenvalue weighted by molar-refractivity contribution is 7.90. The van der Waals surface area contributed by atoms with E-state index in [4.69, 9.17) is 21.0 Å². The van der Waals surface area contributed by atoms with E-state index in [1.54, 1.807) is 12.3 Å². The average Bonchev–Trinajstić information content (AvgIpc) is 3.45. The summed E-state index contributed by atoms with van der Waals surface area (Å²) in [6, 6.07) is 5.47. The van der Waals surface area contributed by atoms with E-state index in [9.17, 15) is 17.2 Å². The molecular weight excluding hydrogens is 548 g/mol. The SMILES string of the molecule is CC1(C)[C@H]2CC[C@]1(c1cncc(-c3nc(CCS(C)(=O)=O)c(Cl)o3)n1)c1nnc(-c3c(F)cccc3F)cc12. The summed E-state index contributed by atoms with van der Waals surface area (Å²) in [7, 11) is -3.21. The van der Waals surface area contributed by atoms with Gasteiger partial charge in [0.1, 0.15) is 32.9 Å². The van der Waals surface area contributed by atoms with Crippen LogP contribution in [0.1, 0.15) is 55.3 Å². The third kappa shape index (κ3) is 3.97. The molecule has 2 bridgehead atoms. The summed E-state index contributed by atoms with van der Waals surface area (Å²) in [5, 5.41) is 8.81. The molecule has 2 aliphatic carbocycles. The lowest BCUT2D eigenvalue weighted by Gasteiger charge is -2.37. The molecule has 3 aromatic heterocycles. The molecule has 1 aromatic carbocycles. The lowest BCUT2D eigenvalue weighted by atomic mass is 9.66. The Balaban J connectivity index is 1.43. The molecule has 12 heteroatoms. The van der Waals surface area contributed by atoms with Gasteiger partial charge in [-0.05, 0) is 59.5 Å². The summed E-state index contributed by atoms with van der Waals surface area (Å²) in [6.45, 7) is 4.27. The first-order chi connectivity index (χ1) is 18.4. The Bertz CT molecular complexity index is 1720. The van der Waals surface area contributed by atoms with Gasteiger partial charge in [0.05, 0.1) is 40.0 Å². The summed E-state index contributed by atoms with van der Waals surface area (Å²) < 4.78 is 57.9. The molecule has 3 heterocycles. The first-order valence-electron chi connectivity index (χ1n) is 12.4. The number of hydrogen-bond acceptors (Lipinski definition) is 8. The highest BCUT2D eigenvalue weighted by atomic mass is 35.5. The Morgan fingerprint density at radius 2 is 1.85 bits per heavy atom. The van der Waals surface area contributed by atoms with Gasteiger partial charge in [-0.2, -0.15) is 5.10 Å². The number of aryl methyl sites for hydroxylation is 1. The van der Waals surface area contributed by atoms with Crippen LogP contribution in [0.2, 0.25) is 5.22 Å². The molecule has 39 heavy (non-hydrogen) atoms. The number of rotatable bonds is 6. The number of fused-ring (bicyclic) bond motifs is 5. The van der Waals surface area contributed by atoms with E-state index in [-0.39, 0.29) is 45.9 Å². The lowest BCUT2D eigenvalue weighted by Crippen LogP contribution is -2.38. The van der Waals surface area contributed by atoms with Crippen molar-refractivity contribution in [2.75, 3.05) is 12.0 Å². The van der Waals surface area contributed by atoms with Crippen LogP contribution in [0.25, 0.3) is 22.8 Å². The van der Waals surface area contributed by atoms with Crippen molar-refractivity contribution in [1.82, 2.24) is 25.1 Å². The maximum Gasteiger partial charge on any atom is 0.248 e. The van der Waals surface area contributed by atoms with E-state index in [0.29, 0.717) is 17.1 Å². The Hall–Kier alpha value is -3.31. The van der Waals surface area contributed by atoms with Crippen LogP contribution >= 0.6 is 11.6 Å². The van der Waals surface area contributed by atoms with Crippen LogP contribution in [0.15, 0.2) is 41.1 Å². The third-order valence-corrected chi connectivity index (χ3v) is 9.49. The number of oxazole rings is 1. The second-order valence-electron chi connectivity index (χ2n) is 10.8. The smallest absolute Gasteiger partial charge is 0.248 e. The van der Waals surface area contributed by atoms with E-state index < -0.39 is 26.9 Å². The number of hydrogen-bond donors (Lipinski definition) is 0. The quantitative estimate of drug-likeness (QED) is 0.306. The number of nitrogens with zero attached hydrogens (tertiary/aromatic N) is 5. The Morgan fingerprint density at radius 3 is 2.56 bits per heavy atom. The molecule has 0 saturated heterocycles. The van der Waals surface area contributed by atoms with Crippen LogP contribution in [0.3, 0.4) is 0 Å². The predicted octanol–water partition coefficient (Wildman–Crippen LogP) is 5.31. The molecule has 8 nitrogen and oxygen atoms in total. The second kappa shape index (κ2) is 8.85. The predicted molar refractivity (Wildman–Crippen MR) is 140 cm³/mol. The van der Waals surface area contributed by atoms with E-state index in [0.717, 1.165) is 30.4 Å². The molecule has 1 fully saturated rings. The molecule has 0 amide bonds. The van der Waals surface area contributed by atoms with Gasteiger partial charge >= 0.3 is 0 Å². The van der Waals surface area contributed by atoms with E-state index in [1.807, 2.05) is 0 Å². The molecule has 0 radical (unpaired) electrons. The standard InChI is InChI=1S/C27H24ClF2N5O3S/c1-26(2)15-7-9-27(26,23-14(15)11-19(34-35-23)22-16(29)5-4-6-17(22)30)21-13-31-12-20(32-21)25-33-18(24(28)38-25)8-10-39(3,36)37/h4-6,11-13,15H,7-10H2,1-3H3/t15-,27-/m0/s1.